The molecule has 2 aliphatic carbocycles. The Morgan fingerprint density at radius 2 is 0.984 bits per heavy atom. The number of fused-ring (bicyclic) bond motifs is 4. The highest BCUT2D eigenvalue weighted by Crippen LogP contribution is 2.47. The van der Waals surface area contributed by atoms with E-state index in [1.54, 1.807) is 54.9 Å². The number of nitrogens with zero attached hydrogens (tertiary/aromatic N) is 10. The quantitative estimate of drug-likeness (QED) is 0.0289. The van der Waals surface area contributed by atoms with E-state index in [1.807, 2.05) is 36.4 Å². The number of rotatable bonds is 26. The summed E-state index contributed by atoms with van der Waals surface area (Å²) in [7, 11) is -11.6. The van der Waals surface area contributed by atoms with E-state index in [9.17, 15) is 50.9 Å². The normalized spacial score (nSPS) is 18.8. The zero-order valence-corrected chi connectivity index (χ0v) is 76.7. The van der Waals surface area contributed by atoms with Crippen molar-refractivity contribution in [3.63, 3.8) is 0 Å². The van der Waals surface area contributed by atoms with Crippen LogP contribution in [0.2, 0.25) is 10.0 Å². The number of ether oxygens (including phenoxy) is 4. The number of pyridine rings is 2. The molecule has 17 rings (SSSR count). The summed E-state index contributed by atoms with van der Waals surface area (Å²) in [4.78, 5) is 77.2. The first kappa shape index (κ1) is 90.4. The summed E-state index contributed by atoms with van der Waals surface area (Å²) in [6.07, 6.45) is 17.9. The Kier molecular flexibility index (Phi) is 26.6. The van der Waals surface area contributed by atoms with Crippen LogP contribution in [0.25, 0.3) is 33.2 Å². The number of aromatic nitrogens is 4. The zero-order valence-electron chi connectivity index (χ0n) is 72.7. The SMILES string of the molecule is CC1(C)CCC(CN2CCN(c3ccc(C(=O)NS(=O)(=O)c4cc5c(c([N+](=O)[O-])c4)C[C@@H](CCN=S(C)(C)=O)CO5)c(Oc4cnc5[nH]ccc5c4)c3)CC2)=C(c2ccc(Cl)cc2)C1.CC1CN(CC[C@H]2COc3cc(S(=O)(=O)NC(=O)c4ccc(N5CCN(CC6=C(c7ccc(Cl)cc7)CC(C)(C)CC6)CC5)cc4Oc4cnc5[nH]ccc5c4)cc([N+](=O)[O-])c3C2)C1. The topological polar surface area (TPSA) is 353 Å². The lowest BCUT2D eigenvalue weighted by Gasteiger charge is -2.39. The van der Waals surface area contributed by atoms with Crippen LogP contribution >= 0.6 is 23.2 Å². The molecule has 0 unspecified atom stereocenters. The smallest absolute Gasteiger partial charge is 0.277 e. The number of nitro benzene ring substituents is 2. The molecule has 0 radical (unpaired) electrons. The van der Waals surface area contributed by atoms with E-state index in [-0.39, 0.29) is 81.1 Å². The second kappa shape index (κ2) is 37.6. The van der Waals surface area contributed by atoms with Crippen molar-refractivity contribution in [2.45, 2.75) is 109 Å². The fraction of sp³-hybridized carbons (Fsp3) is 0.404. The number of amides is 2. The van der Waals surface area contributed by atoms with Crippen molar-refractivity contribution in [2.75, 3.05) is 127 Å². The van der Waals surface area contributed by atoms with Crippen molar-refractivity contribution >= 4 is 121 Å². The molecule has 674 valence electrons. The molecule has 6 aromatic carbocycles. The number of nitro groups is 2. The van der Waals surface area contributed by atoms with Crippen LogP contribution in [0, 0.1) is 48.8 Å². The molecule has 9 heterocycles. The molecule has 4 N–H and O–H groups in total. The third-order valence-corrected chi connectivity index (χ3v) is 29.3. The molecule has 2 atom stereocenters. The van der Waals surface area contributed by atoms with E-state index in [0.717, 1.165) is 161 Å². The van der Waals surface area contributed by atoms with Gasteiger partial charge in [0.1, 0.15) is 45.8 Å². The van der Waals surface area contributed by atoms with Crippen LogP contribution in [-0.2, 0) is 42.6 Å². The van der Waals surface area contributed by atoms with Gasteiger partial charge in [0.2, 0.25) is 0 Å². The molecule has 128 heavy (non-hydrogen) atoms. The van der Waals surface area contributed by atoms with E-state index in [1.165, 1.54) is 76.5 Å². The number of anilines is 2. The number of sulfonamides is 2. The summed E-state index contributed by atoms with van der Waals surface area (Å²) in [5.74, 6) is -0.262. The highest BCUT2D eigenvalue weighted by Gasteiger charge is 2.38. The number of nitrogens with one attached hydrogen (secondary N) is 4. The molecule has 0 spiro atoms. The largest absolute Gasteiger partial charge is 0.493 e. The van der Waals surface area contributed by atoms with Crippen LogP contribution in [-0.4, -0.2) is 195 Å². The van der Waals surface area contributed by atoms with Crippen molar-refractivity contribution in [2.24, 2.45) is 32.9 Å². The molecular formula is C94H106Cl2N14O15S3. The monoisotopic (exact) mass is 1840 g/mol. The molecular weight excluding hydrogens is 1730 g/mol. The summed E-state index contributed by atoms with van der Waals surface area (Å²) in [5, 5.41) is 27.6. The van der Waals surface area contributed by atoms with Gasteiger partial charge in [0, 0.05) is 188 Å². The maximum atomic E-state index is 14.1. The van der Waals surface area contributed by atoms with Crippen molar-refractivity contribution in [1.29, 1.82) is 0 Å². The molecule has 10 aromatic rings. The molecule has 4 aromatic heterocycles. The number of halogens is 2. The highest BCUT2D eigenvalue weighted by atomic mass is 35.5. The number of H-pyrrole nitrogens is 2. The number of hydrogen-bond donors (Lipinski definition) is 4. The van der Waals surface area contributed by atoms with Gasteiger partial charge in [-0.2, -0.15) is 0 Å². The van der Waals surface area contributed by atoms with Gasteiger partial charge >= 0.3 is 0 Å². The maximum absolute atomic E-state index is 14.1. The van der Waals surface area contributed by atoms with E-state index in [0.29, 0.717) is 73.4 Å². The van der Waals surface area contributed by atoms with E-state index in [2.05, 4.69) is 117 Å². The summed E-state index contributed by atoms with van der Waals surface area (Å²) < 4.78 is 101. The Hall–Kier alpha value is -11.0. The van der Waals surface area contributed by atoms with Crippen LogP contribution in [0.4, 0.5) is 22.7 Å². The molecule has 3 fully saturated rings. The molecule has 34 heteroatoms. The average molecular weight is 1840 g/mol. The first-order valence-electron chi connectivity index (χ1n) is 43.3. The number of aromatic amines is 2. The number of carbonyl (C=O) groups excluding carboxylic acids is 2. The van der Waals surface area contributed by atoms with Crippen LogP contribution in [0.15, 0.2) is 184 Å². The van der Waals surface area contributed by atoms with Crippen molar-refractivity contribution in [3.05, 3.63) is 233 Å². The predicted molar refractivity (Wildman–Crippen MR) is 498 cm³/mol. The fourth-order valence-electron chi connectivity index (χ4n) is 18.3. The maximum Gasteiger partial charge on any atom is 0.277 e. The molecule has 3 saturated heterocycles. The first-order chi connectivity index (χ1) is 61.1. The van der Waals surface area contributed by atoms with Crippen molar-refractivity contribution in [3.8, 4) is 34.5 Å². The van der Waals surface area contributed by atoms with Gasteiger partial charge in [-0.05, 0) is 194 Å². The van der Waals surface area contributed by atoms with Crippen molar-refractivity contribution < 1.29 is 59.4 Å². The second-order valence-corrected chi connectivity index (χ2v) is 43.4. The molecule has 5 aliphatic heterocycles. The summed E-state index contributed by atoms with van der Waals surface area (Å²) in [6, 6.07) is 38.1. The van der Waals surface area contributed by atoms with E-state index < -0.39 is 66.9 Å². The molecule has 7 aliphatic rings. The van der Waals surface area contributed by atoms with Gasteiger partial charge in [-0.1, -0.05) is 93.2 Å². The lowest BCUT2D eigenvalue weighted by atomic mass is 9.72. The lowest BCUT2D eigenvalue weighted by Crippen LogP contribution is -2.47. The van der Waals surface area contributed by atoms with E-state index >= 15 is 0 Å². The Balaban J connectivity index is 0.000000188. The Bertz CT molecular complexity index is 6360. The number of piperazine rings is 2. The Morgan fingerprint density at radius 1 is 0.562 bits per heavy atom. The highest BCUT2D eigenvalue weighted by molar-refractivity contribution is 7.92. The van der Waals surface area contributed by atoms with Gasteiger partial charge in [0.15, 0.2) is 0 Å². The minimum Gasteiger partial charge on any atom is -0.493 e. The zero-order chi connectivity index (χ0) is 90.1. The van der Waals surface area contributed by atoms with Crippen LogP contribution in [0.1, 0.15) is 129 Å². The lowest BCUT2D eigenvalue weighted by molar-refractivity contribution is -0.386. The van der Waals surface area contributed by atoms with Crippen LogP contribution in [0.5, 0.6) is 34.5 Å². The summed E-state index contributed by atoms with van der Waals surface area (Å²) >= 11 is 12.5. The number of hydrogen-bond acceptors (Lipinski definition) is 23. The third kappa shape index (κ3) is 21.6. The number of likely N-dealkylation sites (tertiary alicyclic amines) is 1. The van der Waals surface area contributed by atoms with E-state index in [4.69, 9.17) is 42.1 Å². The van der Waals surface area contributed by atoms with Gasteiger partial charge in [0.25, 0.3) is 43.2 Å². The molecule has 2 amide bonds. The fourth-order valence-corrected chi connectivity index (χ4v) is 21.1. The third-order valence-electron chi connectivity index (χ3n) is 25.3. The van der Waals surface area contributed by atoms with Crippen molar-refractivity contribution in [1.82, 2.24) is 44.1 Å². The standard InChI is InChI=1S/C48H54ClN7O7S.C46H52ClN7O8S2/c1-31-27-54(28-31)15-12-32-20-41-43(56(58)59)23-39(24-44(41)62-30-32)64(60,61)52-47(57)40-9-8-37(22-45(40)63-38-21-34-11-14-50-46(34)51-26-38)55-18-16-53(17-19-55)29-35-10-13-48(2,3)25-42(35)33-4-6-36(49)7-5-33;1-46(2)14-11-33(40(26-46)31-5-7-34(47)8-6-31)28-52-17-19-53(20-18-52)35-9-10-38(43(23-35)62-36-22-32-13-15-48-44(32)49-27-36)45(55)51-64(59,60)37-24-41(54(56)57)39-21-30(29-61-42(39)25-37)12-16-50-63(3,4)58/h4-9,11,14,21-24,26,31-32H,10,12-13,15-20,25,27-30H2,1-3H3,(H,50,51)(H,52,57);5-10,13,15,22-25,27,30H,11-12,14,16-21,26,28-29H2,1-4H3,(H,48,49)(H,51,55)/t32-;30-/m11/s1. The second-order valence-electron chi connectivity index (χ2n) is 36.6. The van der Waals surface area contributed by atoms with Gasteiger partial charge in [-0.15, -0.1) is 0 Å². The number of allylic oxidation sites excluding steroid dienone is 2. The van der Waals surface area contributed by atoms with Gasteiger partial charge < -0.3 is 43.6 Å². The molecule has 0 bridgehead atoms. The number of carbonyl (C=O) groups is 2. The molecule has 29 nitrogen and oxygen atoms in total. The molecule has 0 saturated carbocycles. The minimum atomic E-state index is -4.66. The van der Waals surface area contributed by atoms with Crippen LogP contribution < -0.4 is 38.2 Å². The van der Waals surface area contributed by atoms with Gasteiger partial charge in [0.05, 0.1) is 67.5 Å². The summed E-state index contributed by atoms with van der Waals surface area (Å²) in [5.41, 5.74) is 11.3. The van der Waals surface area contributed by atoms with Crippen LogP contribution in [0.3, 0.4) is 0 Å². The number of benzene rings is 6. The average Bonchev–Trinajstić information content (AvgIpc) is 0.899. The van der Waals surface area contributed by atoms with Gasteiger partial charge in [-0.25, -0.2) is 40.6 Å². The predicted octanol–water partition coefficient (Wildman–Crippen LogP) is 17.2. The Labute approximate surface area is 755 Å². The van der Waals surface area contributed by atoms with Gasteiger partial charge in [-0.3, -0.25) is 43.8 Å². The first-order valence-corrected chi connectivity index (χ1v) is 49.4. The summed E-state index contributed by atoms with van der Waals surface area (Å²) in [6.45, 7) is 23.1. The Morgan fingerprint density at radius 3 is 1.39 bits per heavy atom. The minimum absolute atomic E-state index is 0.0369.